The van der Waals surface area contributed by atoms with Crippen LogP contribution in [0, 0.1) is 11.3 Å². The van der Waals surface area contributed by atoms with E-state index in [-0.39, 0.29) is 18.3 Å². The lowest BCUT2D eigenvalue weighted by molar-refractivity contribution is 0.00578. The molecule has 0 unspecified atom stereocenters. The molecule has 5 aromatic rings. The van der Waals surface area contributed by atoms with E-state index in [4.69, 9.17) is 9.31 Å². The predicted octanol–water partition coefficient (Wildman–Crippen LogP) is 6.62. The molecular formula is C31H27BN2O2. The number of nitrogens with zero attached hydrogens (tertiary/aromatic N) is 2. The van der Waals surface area contributed by atoms with E-state index in [1.165, 1.54) is 0 Å². The van der Waals surface area contributed by atoms with Crippen LogP contribution >= 0.6 is 0 Å². The number of nitriles is 1. The second-order valence-electron chi connectivity index (χ2n) is 10.5. The number of hydrogen-bond acceptors (Lipinski definition) is 3. The standard InChI is InChI=1S/C31H27BN2O2/c1-30(2)31(3,4)36-32(35-30)24-14-11-22(12-15-24)23-13-17-27-26-16-10-21(20-33)18-28(26)34(29(27)19-23)25-8-6-5-7-9-25/h5-19H,1-4H3. The molecule has 0 saturated carbocycles. The van der Waals surface area contributed by atoms with Crippen LogP contribution in [0.5, 0.6) is 0 Å². The fourth-order valence-electron chi connectivity index (χ4n) is 4.93. The molecule has 1 aliphatic rings. The second kappa shape index (κ2) is 8.10. The summed E-state index contributed by atoms with van der Waals surface area (Å²) in [5, 5.41) is 11.8. The van der Waals surface area contributed by atoms with E-state index < -0.39 is 0 Å². The molecule has 0 amide bonds. The number of rotatable bonds is 3. The van der Waals surface area contributed by atoms with Crippen molar-refractivity contribution in [1.82, 2.24) is 4.57 Å². The Hall–Kier alpha value is -3.85. The molecule has 5 heteroatoms. The lowest BCUT2D eigenvalue weighted by atomic mass is 9.78. The molecule has 4 nitrogen and oxygen atoms in total. The SMILES string of the molecule is CC1(C)OB(c2ccc(-c3ccc4c5ccc(C#N)cc5n(-c5ccccc5)c4c3)cc2)OC1(C)C. The molecule has 0 radical (unpaired) electrons. The van der Waals surface area contributed by atoms with Crippen LogP contribution in [0.2, 0.25) is 0 Å². The minimum atomic E-state index is -0.374. The molecule has 0 bridgehead atoms. The third kappa shape index (κ3) is 3.53. The van der Waals surface area contributed by atoms with Crippen molar-refractivity contribution < 1.29 is 9.31 Å². The Labute approximate surface area is 211 Å². The molecule has 6 rings (SSSR count). The average molecular weight is 470 g/mol. The summed E-state index contributed by atoms with van der Waals surface area (Å²) in [5.41, 5.74) is 6.41. The Balaban J connectivity index is 1.45. The van der Waals surface area contributed by atoms with Crippen molar-refractivity contribution in [2.45, 2.75) is 38.9 Å². The lowest BCUT2D eigenvalue weighted by Crippen LogP contribution is -2.41. The molecule has 1 aliphatic heterocycles. The molecule has 1 aromatic heterocycles. The van der Waals surface area contributed by atoms with Crippen molar-refractivity contribution in [3.63, 3.8) is 0 Å². The van der Waals surface area contributed by atoms with Crippen molar-refractivity contribution in [2.75, 3.05) is 0 Å². The van der Waals surface area contributed by atoms with Gasteiger partial charge in [0.25, 0.3) is 0 Å². The zero-order valence-electron chi connectivity index (χ0n) is 20.9. The van der Waals surface area contributed by atoms with Gasteiger partial charge in [0.2, 0.25) is 0 Å². The van der Waals surface area contributed by atoms with E-state index in [2.05, 4.69) is 99.0 Å². The molecular weight excluding hydrogens is 443 g/mol. The fourth-order valence-corrected chi connectivity index (χ4v) is 4.93. The summed E-state index contributed by atoms with van der Waals surface area (Å²) in [6, 6.07) is 33.5. The Bertz CT molecular complexity index is 1630. The highest BCUT2D eigenvalue weighted by atomic mass is 16.7. The first-order valence-electron chi connectivity index (χ1n) is 12.3. The number of para-hydroxylation sites is 1. The van der Waals surface area contributed by atoms with Crippen LogP contribution in [0.25, 0.3) is 38.6 Å². The van der Waals surface area contributed by atoms with Crippen LogP contribution in [0.15, 0.2) is 91.0 Å². The fraction of sp³-hybridized carbons (Fsp3) is 0.194. The maximum Gasteiger partial charge on any atom is 0.494 e. The highest BCUT2D eigenvalue weighted by Crippen LogP contribution is 2.37. The normalized spacial score (nSPS) is 16.5. The van der Waals surface area contributed by atoms with Crippen LogP contribution in [-0.4, -0.2) is 22.9 Å². The van der Waals surface area contributed by atoms with Gasteiger partial charge in [-0.2, -0.15) is 5.26 Å². The Morgan fingerprint density at radius 2 is 1.28 bits per heavy atom. The number of hydrogen-bond donors (Lipinski definition) is 0. The van der Waals surface area contributed by atoms with Crippen molar-refractivity contribution in [1.29, 1.82) is 5.26 Å². The average Bonchev–Trinajstić information content (AvgIpc) is 3.32. The smallest absolute Gasteiger partial charge is 0.399 e. The van der Waals surface area contributed by atoms with Gasteiger partial charge in [-0.15, -0.1) is 0 Å². The summed E-state index contributed by atoms with van der Waals surface area (Å²) in [7, 11) is -0.374. The molecule has 1 fully saturated rings. The number of fused-ring (bicyclic) bond motifs is 3. The van der Waals surface area contributed by atoms with E-state index >= 15 is 0 Å². The Kier molecular flexibility index (Phi) is 5.08. The number of aromatic nitrogens is 1. The van der Waals surface area contributed by atoms with E-state index in [0.29, 0.717) is 5.56 Å². The second-order valence-corrected chi connectivity index (χ2v) is 10.5. The predicted molar refractivity (Wildman–Crippen MR) is 147 cm³/mol. The largest absolute Gasteiger partial charge is 0.494 e. The van der Waals surface area contributed by atoms with Gasteiger partial charge in [0.05, 0.1) is 33.9 Å². The summed E-state index contributed by atoms with van der Waals surface area (Å²) in [4.78, 5) is 0. The Morgan fingerprint density at radius 1 is 0.694 bits per heavy atom. The van der Waals surface area contributed by atoms with Gasteiger partial charge in [0.1, 0.15) is 0 Å². The van der Waals surface area contributed by atoms with Crippen molar-refractivity contribution in [3.8, 4) is 22.9 Å². The first kappa shape index (κ1) is 22.6. The topological polar surface area (TPSA) is 47.2 Å². The van der Waals surface area contributed by atoms with Crippen LogP contribution in [-0.2, 0) is 9.31 Å². The van der Waals surface area contributed by atoms with Gasteiger partial charge >= 0.3 is 7.12 Å². The van der Waals surface area contributed by atoms with E-state index in [1.807, 2.05) is 30.3 Å². The van der Waals surface area contributed by atoms with Gasteiger partial charge < -0.3 is 13.9 Å². The zero-order valence-corrected chi connectivity index (χ0v) is 20.9. The van der Waals surface area contributed by atoms with E-state index in [1.54, 1.807) is 0 Å². The maximum atomic E-state index is 9.51. The third-order valence-electron chi connectivity index (χ3n) is 7.68. The van der Waals surface area contributed by atoms with Gasteiger partial charge in [-0.05, 0) is 74.6 Å². The molecule has 1 saturated heterocycles. The van der Waals surface area contributed by atoms with E-state index in [9.17, 15) is 5.26 Å². The highest BCUT2D eigenvalue weighted by molar-refractivity contribution is 6.62. The minimum Gasteiger partial charge on any atom is -0.399 e. The quantitative estimate of drug-likeness (QED) is 0.279. The van der Waals surface area contributed by atoms with Gasteiger partial charge in [0, 0.05) is 16.5 Å². The van der Waals surface area contributed by atoms with Crippen LogP contribution in [0.3, 0.4) is 0 Å². The van der Waals surface area contributed by atoms with Gasteiger partial charge in [0.15, 0.2) is 0 Å². The molecule has 0 aliphatic carbocycles. The van der Waals surface area contributed by atoms with Crippen molar-refractivity contribution >= 4 is 34.4 Å². The van der Waals surface area contributed by atoms with Crippen LogP contribution in [0.4, 0.5) is 0 Å². The number of benzene rings is 4. The molecule has 2 heterocycles. The molecule has 0 N–H and O–H groups in total. The van der Waals surface area contributed by atoms with Gasteiger partial charge in [-0.1, -0.05) is 60.7 Å². The molecule has 36 heavy (non-hydrogen) atoms. The zero-order chi connectivity index (χ0) is 25.1. The lowest BCUT2D eigenvalue weighted by Gasteiger charge is -2.32. The van der Waals surface area contributed by atoms with Crippen LogP contribution < -0.4 is 5.46 Å². The minimum absolute atomic E-state index is 0.363. The molecule has 0 spiro atoms. The molecule has 176 valence electrons. The first-order valence-corrected chi connectivity index (χ1v) is 12.3. The van der Waals surface area contributed by atoms with Gasteiger partial charge in [-0.25, -0.2) is 0 Å². The van der Waals surface area contributed by atoms with Crippen LogP contribution in [0.1, 0.15) is 33.3 Å². The highest BCUT2D eigenvalue weighted by Gasteiger charge is 2.51. The van der Waals surface area contributed by atoms with Crippen molar-refractivity contribution in [2.24, 2.45) is 0 Å². The van der Waals surface area contributed by atoms with E-state index in [0.717, 1.165) is 44.1 Å². The molecule has 4 aromatic carbocycles. The third-order valence-corrected chi connectivity index (χ3v) is 7.68. The van der Waals surface area contributed by atoms with Crippen molar-refractivity contribution in [3.05, 3.63) is 96.6 Å². The summed E-state index contributed by atoms with van der Waals surface area (Å²) in [5.74, 6) is 0. The summed E-state index contributed by atoms with van der Waals surface area (Å²) in [6.45, 7) is 8.29. The summed E-state index contributed by atoms with van der Waals surface area (Å²) < 4.78 is 14.7. The summed E-state index contributed by atoms with van der Waals surface area (Å²) in [6.07, 6.45) is 0. The summed E-state index contributed by atoms with van der Waals surface area (Å²) >= 11 is 0. The molecule has 0 atom stereocenters. The first-order chi connectivity index (χ1) is 17.3. The van der Waals surface area contributed by atoms with Gasteiger partial charge in [-0.3, -0.25) is 0 Å². The Morgan fingerprint density at radius 3 is 1.92 bits per heavy atom. The monoisotopic (exact) mass is 470 g/mol. The maximum absolute atomic E-state index is 9.51.